The molecule has 2 aromatic carbocycles. The SMILES string of the molecule is Cc1ccc2c(Cl)c(C(=O)Nc3nnc(SCc4ccc(Cl)cc4)s3)sc2c1. The third-order valence-corrected chi connectivity index (χ3v) is 7.84. The molecule has 2 aromatic heterocycles. The van der Waals surface area contributed by atoms with Crippen LogP contribution < -0.4 is 5.32 Å². The lowest BCUT2D eigenvalue weighted by Gasteiger charge is -1.99. The maximum absolute atomic E-state index is 12.6. The molecule has 0 fully saturated rings. The molecule has 142 valence electrons. The molecule has 9 heteroatoms. The molecule has 0 unspecified atom stereocenters. The summed E-state index contributed by atoms with van der Waals surface area (Å²) in [4.78, 5) is 13.1. The molecular weight excluding hydrogens is 453 g/mol. The van der Waals surface area contributed by atoms with Crippen molar-refractivity contribution in [3.8, 4) is 0 Å². The summed E-state index contributed by atoms with van der Waals surface area (Å²) in [5, 5.41) is 13.5. The van der Waals surface area contributed by atoms with Gasteiger partial charge in [-0.15, -0.1) is 21.5 Å². The minimum Gasteiger partial charge on any atom is -0.296 e. The number of aromatic nitrogens is 2. The van der Waals surface area contributed by atoms with Gasteiger partial charge in [0.05, 0.1) is 5.02 Å². The van der Waals surface area contributed by atoms with Crippen molar-refractivity contribution in [2.75, 3.05) is 5.32 Å². The van der Waals surface area contributed by atoms with Crippen molar-refractivity contribution in [1.29, 1.82) is 0 Å². The Hall–Kier alpha value is -1.64. The lowest BCUT2D eigenvalue weighted by atomic mass is 10.2. The Labute approximate surface area is 183 Å². The molecule has 4 nitrogen and oxygen atoms in total. The fourth-order valence-electron chi connectivity index (χ4n) is 2.52. The zero-order chi connectivity index (χ0) is 19.7. The molecule has 4 rings (SSSR count). The first-order valence-electron chi connectivity index (χ1n) is 8.20. The predicted molar refractivity (Wildman–Crippen MR) is 120 cm³/mol. The lowest BCUT2D eigenvalue weighted by molar-refractivity contribution is 0.103. The molecular formula is C19H13Cl2N3OS3. The molecule has 0 atom stereocenters. The monoisotopic (exact) mass is 465 g/mol. The molecule has 0 saturated heterocycles. The molecule has 0 spiro atoms. The van der Waals surface area contributed by atoms with Gasteiger partial charge in [0.2, 0.25) is 5.13 Å². The van der Waals surface area contributed by atoms with Gasteiger partial charge in [-0.25, -0.2) is 0 Å². The molecule has 0 radical (unpaired) electrons. The molecule has 4 aromatic rings. The fourth-order valence-corrected chi connectivity index (χ4v) is 5.86. The number of carbonyl (C=O) groups excluding carboxylic acids is 1. The molecule has 28 heavy (non-hydrogen) atoms. The molecule has 0 saturated carbocycles. The number of nitrogens with one attached hydrogen (secondary N) is 1. The Morgan fingerprint density at radius 2 is 1.89 bits per heavy atom. The van der Waals surface area contributed by atoms with Gasteiger partial charge in [0, 0.05) is 20.9 Å². The van der Waals surface area contributed by atoms with Gasteiger partial charge >= 0.3 is 0 Å². The Kier molecular flexibility index (Phi) is 5.89. The predicted octanol–water partition coefficient (Wildman–Crippen LogP) is 6.91. The maximum atomic E-state index is 12.6. The number of hydrogen-bond donors (Lipinski definition) is 1. The summed E-state index contributed by atoms with van der Waals surface area (Å²) >= 11 is 16.6. The normalized spacial score (nSPS) is 11.1. The van der Waals surface area contributed by atoms with E-state index >= 15 is 0 Å². The fraction of sp³-hybridized carbons (Fsp3) is 0.105. The van der Waals surface area contributed by atoms with Crippen LogP contribution >= 0.6 is 57.6 Å². The van der Waals surface area contributed by atoms with Crippen molar-refractivity contribution >= 4 is 78.8 Å². The number of thiophene rings is 1. The number of fused-ring (bicyclic) bond motifs is 1. The van der Waals surface area contributed by atoms with Gasteiger partial charge in [-0.3, -0.25) is 10.1 Å². The molecule has 2 heterocycles. The van der Waals surface area contributed by atoms with Crippen molar-refractivity contribution < 1.29 is 4.79 Å². The first-order valence-corrected chi connectivity index (χ1v) is 11.6. The first kappa shape index (κ1) is 19.7. The van der Waals surface area contributed by atoms with E-state index in [-0.39, 0.29) is 5.91 Å². The van der Waals surface area contributed by atoms with Crippen molar-refractivity contribution in [2.24, 2.45) is 0 Å². The Morgan fingerprint density at radius 3 is 2.68 bits per heavy atom. The van der Waals surface area contributed by atoms with Crippen molar-refractivity contribution in [1.82, 2.24) is 10.2 Å². The van der Waals surface area contributed by atoms with E-state index < -0.39 is 0 Å². The van der Waals surface area contributed by atoms with E-state index in [4.69, 9.17) is 23.2 Å². The second-order valence-corrected chi connectivity index (χ2v) is 10.1. The first-order chi connectivity index (χ1) is 13.5. The quantitative estimate of drug-likeness (QED) is 0.256. The molecule has 0 aliphatic rings. The zero-order valence-corrected chi connectivity index (χ0v) is 18.5. The Balaban J connectivity index is 1.44. The highest BCUT2D eigenvalue weighted by atomic mass is 35.5. The van der Waals surface area contributed by atoms with Crippen LogP contribution in [0.2, 0.25) is 10.0 Å². The number of benzene rings is 2. The highest BCUT2D eigenvalue weighted by Gasteiger charge is 2.19. The third kappa shape index (κ3) is 4.34. The average Bonchev–Trinajstić information content (AvgIpc) is 3.25. The summed E-state index contributed by atoms with van der Waals surface area (Å²) in [5.41, 5.74) is 2.27. The summed E-state index contributed by atoms with van der Waals surface area (Å²) in [7, 11) is 0. The van der Waals surface area contributed by atoms with Crippen LogP contribution in [0.1, 0.15) is 20.8 Å². The number of aryl methyl sites for hydroxylation is 1. The number of carbonyl (C=O) groups is 1. The summed E-state index contributed by atoms with van der Waals surface area (Å²) in [6.07, 6.45) is 0. The Bertz CT molecular complexity index is 1160. The minimum absolute atomic E-state index is 0.269. The number of anilines is 1. The number of halogens is 2. The minimum atomic E-state index is -0.269. The number of thioether (sulfide) groups is 1. The second kappa shape index (κ2) is 8.39. The van der Waals surface area contributed by atoms with Crippen LogP contribution in [0, 0.1) is 6.92 Å². The van der Waals surface area contributed by atoms with E-state index in [2.05, 4.69) is 15.5 Å². The van der Waals surface area contributed by atoms with Gasteiger partial charge in [0.25, 0.3) is 5.91 Å². The van der Waals surface area contributed by atoms with E-state index in [0.717, 1.165) is 31.3 Å². The Morgan fingerprint density at radius 1 is 1.11 bits per heavy atom. The highest BCUT2D eigenvalue weighted by Crippen LogP contribution is 2.36. The van der Waals surface area contributed by atoms with Gasteiger partial charge in [0.15, 0.2) is 4.34 Å². The smallest absolute Gasteiger partial charge is 0.269 e. The van der Waals surface area contributed by atoms with Crippen molar-refractivity contribution in [3.05, 3.63) is 68.5 Å². The standard InChI is InChI=1S/C19H13Cl2N3OS3/c1-10-2-7-13-14(8-10)27-16(15(13)21)17(25)22-18-23-24-19(28-18)26-9-11-3-5-12(20)6-4-11/h2-8H,9H2,1H3,(H,22,23,25). The number of hydrogen-bond acceptors (Lipinski definition) is 6. The zero-order valence-electron chi connectivity index (χ0n) is 14.5. The van der Waals surface area contributed by atoms with Crippen LogP contribution in [-0.2, 0) is 5.75 Å². The maximum Gasteiger partial charge on any atom is 0.269 e. The van der Waals surface area contributed by atoms with E-state index in [1.54, 1.807) is 11.8 Å². The van der Waals surface area contributed by atoms with Crippen LogP contribution in [0.3, 0.4) is 0 Å². The van der Waals surface area contributed by atoms with Crippen LogP contribution in [0.25, 0.3) is 10.1 Å². The topological polar surface area (TPSA) is 54.9 Å². The van der Waals surface area contributed by atoms with E-state index in [0.29, 0.717) is 20.1 Å². The summed E-state index contributed by atoms with van der Waals surface area (Å²) in [6, 6.07) is 13.6. The van der Waals surface area contributed by atoms with Gasteiger partial charge in [-0.1, -0.05) is 70.6 Å². The van der Waals surface area contributed by atoms with Gasteiger partial charge in [0.1, 0.15) is 4.88 Å². The van der Waals surface area contributed by atoms with E-state index in [9.17, 15) is 4.79 Å². The molecule has 1 amide bonds. The lowest BCUT2D eigenvalue weighted by Crippen LogP contribution is -2.10. The van der Waals surface area contributed by atoms with Crippen LogP contribution in [0.4, 0.5) is 5.13 Å². The van der Waals surface area contributed by atoms with E-state index in [1.165, 1.54) is 22.7 Å². The van der Waals surface area contributed by atoms with Gasteiger partial charge in [-0.05, 0) is 36.2 Å². The van der Waals surface area contributed by atoms with E-state index in [1.807, 2.05) is 49.4 Å². The molecule has 1 N–H and O–H groups in total. The number of rotatable bonds is 5. The third-order valence-electron chi connectivity index (χ3n) is 3.89. The van der Waals surface area contributed by atoms with Crippen LogP contribution in [0.5, 0.6) is 0 Å². The number of nitrogens with zero attached hydrogens (tertiary/aromatic N) is 2. The number of amides is 1. The average molecular weight is 466 g/mol. The molecule has 0 aliphatic carbocycles. The van der Waals surface area contributed by atoms with Gasteiger partial charge in [-0.2, -0.15) is 0 Å². The summed E-state index contributed by atoms with van der Waals surface area (Å²) in [6.45, 7) is 2.01. The van der Waals surface area contributed by atoms with Crippen molar-refractivity contribution in [2.45, 2.75) is 17.0 Å². The van der Waals surface area contributed by atoms with Gasteiger partial charge < -0.3 is 0 Å². The van der Waals surface area contributed by atoms with Crippen molar-refractivity contribution in [3.63, 3.8) is 0 Å². The highest BCUT2D eigenvalue weighted by molar-refractivity contribution is 8.00. The summed E-state index contributed by atoms with van der Waals surface area (Å²) in [5.74, 6) is 0.482. The summed E-state index contributed by atoms with van der Waals surface area (Å²) < 4.78 is 1.77. The molecule has 0 bridgehead atoms. The second-order valence-electron chi connectivity index (χ2n) is 5.99. The molecule has 0 aliphatic heterocycles. The largest absolute Gasteiger partial charge is 0.296 e. The van der Waals surface area contributed by atoms with Crippen LogP contribution in [-0.4, -0.2) is 16.1 Å². The van der Waals surface area contributed by atoms with Crippen LogP contribution in [0.15, 0.2) is 46.8 Å².